The summed E-state index contributed by atoms with van der Waals surface area (Å²) in [7, 11) is 1.59. The molecule has 158 valence electrons. The van der Waals surface area contributed by atoms with E-state index >= 15 is 0 Å². The molecule has 0 aliphatic carbocycles. The molecule has 2 saturated heterocycles. The minimum absolute atomic E-state index is 0.0108. The first-order valence-corrected chi connectivity index (χ1v) is 10.4. The van der Waals surface area contributed by atoms with E-state index in [9.17, 15) is 14.0 Å². The Labute approximate surface area is 175 Å². The van der Waals surface area contributed by atoms with E-state index in [4.69, 9.17) is 4.74 Å². The van der Waals surface area contributed by atoms with Crippen LogP contribution >= 0.6 is 0 Å². The van der Waals surface area contributed by atoms with Crippen molar-refractivity contribution in [2.75, 3.05) is 44.7 Å². The smallest absolute Gasteiger partial charge is 0.254 e. The maximum atomic E-state index is 13.6. The Morgan fingerprint density at radius 3 is 2.47 bits per heavy atom. The highest BCUT2D eigenvalue weighted by Crippen LogP contribution is 2.22. The molecular formula is C23H27FN3O3+. The van der Waals surface area contributed by atoms with Crippen molar-refractivity contribution in [1.82, 2.24) is 4.90 Å². The van der Waals surface area contributed by atoms with Gasteiger partial charge in [-0.2, -0.15) is 0 Å². The van der Waals surface area contributed by atoms with Gasteiger partial charge in [0, 0.05) is 24.2 Å². The molecule has 0 bridgehead atoms. The molecule has 1 N–H and O–H groups in total. The monoisotopic (exact) mass is 412 g/mol. The number of hydrogen-bond donors (Lipinski definition) is 1. The second kappa shape index (κ2) is 8.83. The maximum Gasteiger partial charge on any atom is 0.254 e. The van der Waals surface area contributed by atoms with Gasteiger partial charge in [-0.05, 0) is 48.9 Å². The number of rotatable bonds is 5. The van der Waals surface area contributed by atoms with E-state index in [0.29, 0.717) is 37.4 Å². The minimum Gasteiger partial charge on any atom is -0.496 e. The predicted octanol–water partition coefficient (Wildman–Crippen LogP) is 1.50. The summed E-state index contributed by atoms with van der Waals surface area (Å²) in [5.74, 6) is 0.580. The van der Waals surface area contributed by atoms with Gasteiger partial charge in [-0.1, -0.05) is 0 Å². The molecule has 0 saturated carbocycles. The highest BCUT2D eigenvalue weighted by atomic mass is 19.1. The molecule has 0 spiro atoms. The summed E-state index contributed by atoms with van der Waals surface area (Å²) in [5.41, 5.74) is 2.34. The summed E-state index contributed by atoms with van der Waals surface area (Å²) in [6, 6.07) is 11.9. The van der Waals surface area contributed by atoms with Crippen LogP contribution in [0.4, 0.5) is 10.1 Å². The topological polar surface area (TPSA) is 54.3 Å². The summed E-state index contributed by atoms with van der Waals surface area (Å²) >= 11 is 0. The standard InChI is InChI=1S/C23H26FN3O3/c1-30-21-9-6-19(24)15-18(21)16-25-11-13-26(14-12-25)23(29)17-4-7-20(8-5-17)27-10-2-3-22(27)28/h4-9,15H,2-3,10-14,16H2,1H3/p+1. The van der Waals surface area contributed by atoms with Crippen LogP contribution in [0.3, 0.4) is 0 Å². The molecule has 2 amide bonds. The lowest BCUT2D eigenvalue weighted by molar-refractivity contribution is -0.917. The molecule has 2 aliphatic heterocycles. The normalized spacial score (nSPS) is 17.5. The third-order valence-electron chi connectivity index (χ3n) is 5.94. The van der Waals surface area contributed by atoms with E-state index in [1.54, 1.807) is 30.2 Å². The van der Waals surface area contributed by atoms with Crippen molar-refractivity contribution in [3.63, 3.8) is 0 Å². The molecule has 2 aromatic carbocycles. The number of carbonyl (C=O) groups is 2. The zero-order chi connectivity index (χ0) is 21.1. The molecular weight excluding hydrogens is 385 g/mol. The summed E-state index contributed by atoms with van der Waals surface area (Å²) in [6.07, 6.45) is 1.47. The average molecular weight is 412 g/mol. The Morgan fingerprint density at radius 2 is 1.83 bits per heavy atom. The van der Waals surface area contributed by atoms with E-state index in [0.717, 1.165) is 37.3 Å². The largest absolute Gasteiger partial charge is 0.496 e. The third-order valence-corrected chi connectivity index (χ3v) is 5.94. The number of ether oxygens (including phenoxy) is 1. The van der Waals surface area contributed by atoms with Crippen LogP contribution in [-0.4, -0.2) is 56.5 Å². The number of hydrogen-bond acceptors (Lipinski definition) is 3. The van der Waals surface area contributed by atoms with Crippen molar-refractivity contribution in [3.05, 3.63) is 59.4 Å². The lowest BCUT2D eigenvalue weighted by Crippen LogP contribution is -3.13. The zero-order valence-electron chi connectivity index (χ0n) is 17.2. The van der Waals surface area contributed by atoms with E-state index in [1.807, 2.05) is 17.0 Å². The SMILES string of the molecule is COc1ccc(F)cc1C[NH+]1CCN(C(=O)c2ccc(N3CCCC3=O)cc2)CC1. The molecule has 2 aromatic rings. The molecule has 2 fully saturated rings. The quantitative estimate of drug-likeness (QED) is 0.810. The number of benzene rings is 2. The number of nitrogens with zero attached hydrogens (tertiary/aromatic N) is 2. The van der Waals surface area contributed by atoms with Gasteiger partial charge in [0.15, 0.2) is 0 Å². The van der Waals surface area contributed by atoms with Gasteiger partial charge < -0.3 is 19.4 Å². The van der Waals surface area contributed by atoms with Gasteiger partial charge in [-0.3, -0.25) is 9.59 Å². The van der Waals surface area contributed by atoms with Gasteiger partial charge in [-0.15, -0.1) is 0 Å². The first-order chi connectivity index (χ1) is 14.5. The van der Waals surface area contributed by atoms with Gasteiger partial charge in [-0.25, -0.2) is 4.39 Å². The van der Waals surface area contributed by atoms with Crippen LogP contribution in [0.15, 0.2) is 42.5 Å². The molecule has 7 heteroatoms. The van der Waals surface area contributed by atoms with Gasteiger partial charge in [0.2, 0.25) is 5.91 Å². The van der Waals surface area contributed by atoms with Crippen molar-refractivity contribution >= 4 is 17.5 Å². The number of amides is 2. The first kappa shape index (κ1) is 20.3. The summed E-state index contributed by atoms with van der Waals surface area (Å²) in [4.78, 5) is 29.7. The molecule has 4 rings (SSSR count). The van der Waals surface area contributed by atoms with Crippen LogP contribution in [0.2, 0.25) is 0 Å². The average Bonchev–Trinajstić information content (AvgIpc) is 3.20. The van der Waals surface area contributed by atoms with E-state index in [1.165, 1.54) is 17.0 Å². The fraction of sp³-hybridized carbons (Fsp3) is 0.391. The molecule has 0 aromatic heterocycles. The second-order valence-electron chi connectivity index (χ2n) is 7.87. The molecule has 6 nitrogen and oxygen atoms in total. The molecule has 2 aliphatic rings. The lowest BCUT2D eigenvalue weighted by atomic mass is 10.1. The maximum absolute atomic E-state index is 13.6. The Kier molecular flexibility index (Phi) is 5.99. The van der Waals surface area contributed by atoms with Gasteiger partial charge in [0.05, 0.1) is 38.9 Å². The number of halogens is 1. The number of quaternary nitrogens is 1. The molecule has 2 heterocycles. The van der Waals surface area contributed by atoms with Crippen LogP contribution < -0.4 is 14.5 Å². The summed E-state index contributed by atoms with van der Waals surface area (Å²) in [6.45, 7) is 4.31. The third kappa shape index (κ3) is 4.31. The van der Waals surface area contributed by atoms with Crippen LogP contribution in [-0.2, 0) is 11.3 Å². The van der Waals surface area contributed by atoms with E-state index in [2.05, 4.69) is 0 Å². The van der Waals surface area contributed by atoms with Crippen LogP contribution in [0.25, 0.3) is 0 Å². The van der Waals surface area contributed by atoms with Crippen LogP contribution in [0, 0.1) is 5.82 Å². The Morgan fingerprint density at radius 1 is 1.10 bits per heavy atom. The van der Waals surface area contributed by atoms with Gasteiger partial charge in [0.1, 0.15) is 18.1 Å². The summed E-state index contributed by atoms with van der Waals surface area (Å²) in [5, 5.41) is 0. The molecule has 0 radical (unpaired) electrons. The second-order valence-corrected chi connectivity index (χ2v) is 7.87. The van der Waals surface area contributed by atoms with Crippen molar-refractivity contribution in [2.45, 2.75) is 19.4 Å². The molecule has 0 atom stereocenters. The predicted molar refractivity (Wildman–Crippen MR) is 111 cm³/mol. The summed E-state index contributed by atoms with van der Waals surface area (Å²) < 4.78 is 18.9. The highest BCUT2D eigenvalue weighted by Gasteiger charge is 2.26. The Bertz CT molecular complexity index is 924. The van der Waals surface area contributed by atoms with Crippen LogP contribution in [0.1, 0.15) is 28.8 Å². The molecule has 0 unspecified atom stereocenters. The highest BCUT2D eigenvalue weighted by molar-refractivity contribution is 5.97. The lowest BCUT2D eigenvalue weighted by Gasteiger charge is -2.32. The van der Waals surface area contributed by atoms with Crippen LogP contribution in [0.5, 0.6) is 5.75 Å². The van der Waals surface area contributed by atoms with Crippen molar-refractivity contribution in [1.29, 1.82) is 0 Å². The number of methoxy groups -OCH3 is 1. The van der Waals surface area contributed by atoms with Crippen molar-refractivity contribution < 1.29 is 23.6 Å². The van der Waals surface area contributed by atoms with Gasteiger partial charge >= 0.3 is 0 Å². The van der Waals surface area contributed by atoms with Crippen molar-refractivity contribution in [3.8, 4) is 5.75 Å². The Hall–Kier alpha value is -2.93. The number of carbonyl (C=O) groups excluding carboxylic acids is 2. The fourth-order valence-electron chi connectivity index (χ4n) is 4.25. The van der Waals surface area contributed by atoms with Gasteiger partial charge in [0.25, 0.3) is 5.91 Å². The zero-order valence-corrected chi connectivity index (χ0v) is 17.2. The fourth-order valence-corrected chi connectivity index (χ4v) is 4.25. The minimum atomic E-state index is -0.266. The Balaban J connectivity index is 1.34. The first-order valence-electron chi connectivity index (χ1n) is 10.4. The van der Waals surface area contributed by atoms with E-state index < -0.39 is 0 Å². The number of piperazine rings is 1. The van der Waals surface area contributed by atoms with E-state index in [-0.39, 0.29) is 17.6 Å². The number of nitrogens with one attached hydrogen (secondary N) is 1. The molecule has 30 heavy (non-hydrogen) atoms. The van der Waals surface area contributed by atoms with Crippen molar-refractivity contribution in [2.24, 2.45) is 0 Å². The number of anilines is 1.